The van der Waals surface area contributed by atoms with Gasteiger partial charge in [0.25, 0.3) is 0 Å². The fourth-order valence-electron chi connectivity index (χ4n) is 13.2. The molecule has 0 spiro atoms. The van der Waals surface area contributed by atoms with E-state index in [9.17, 15) is 122 Å². The molecule has 21 atom stereocenters. The number of aliphatic hydroxyl groups is 5. The number of carboxylic acid groups (broad SMARTS) is 1. The lowest BCUT2D eigenvalue weighted by atomic mass is 9.86. The van der Waals surface area contributed by atoms with Gasteiger partial charge in [0.1, 0.15) is 103 Å². The smallest absolute Gasteiger partial charge is 0.327 e. The second-order valence-corrected chi connectivity index (χ2v) is 36.0. The summed E-state index contributed by atoms with van der Waals surface area (Å²) in [7, 11) is 1.57. The van der Waals surface area contributed by atoms with Gasteiger partial charge in [-0.15, -0.1) is 0 Å². The van der Waals surface area contributed by atoms with Crippen molar-refractivity contribution < 1.29 is 122 Å². The third kappa shape index (κ3) is 45.9. The Hall–Kier alpha value is -11.5. The van der Waals surface area contributed by atoms with E-state index in [0.29, 0.717) is 6.42 Å². The first-order valence-electron chi connectivity index (χ1n) is 45.4. The fraction of sp³-hybridized carbons (Fsp3) is 0.750. The summed E-state index contributed by atoms with van der Waals surface area (Å²) < 4.78 is 0. The minimum absolute atomic E-state index is 0.00580. The van der Waals surface area contributed by atoms with E-state index in [4.69, 9.17) is 28.0 Å². The number of nitrogens with one attached hydrogen (secondary N) is 23. The lowest BCUT2D eigenvalue weighted by Gasteiger charge is -2.30. The Bertz CT molecular complexity index is 3980. The normalized spacial score (nSPS) is 16.0. The fourth-order valence-corrected chi connectivity index (χ4v) is 13.4. The Morgan fingerprint density at radius 1 is 0.353 bits per heavy atom. The first-order chi connectivity index (χ1) is 63.5. The number of carbonyl (C=O) groups excluding carboxylic acids is 18. The van der Waals surface area contributed by atoms with E-state index in [-0.39, 0.29) is 101 Å². The van der Waals surface area contributed by atoms with Crippen LogP contribution < -0.4 is 129 Å². The van der Waals surface area contributed by atoms with Gasteiger partial charge in [-0.05, 0) is 134 Å². The molecule has 52 heteroatoms. The summed E-state index contributed by atoms with van der Waals surface area (Å²) in [4.78, 5) is 261. The number of aliphatic carboxylic acids is 1. The second kappa shape index (κ2) is 63.8. The lowest BCUT2D eigenvalue weighted by molar-refractivity contribution is -0.142. The topological polar surface area (TPSA) is 824 Å². The van der Waals surface area contributed by atoms with Gasteiger partial charge in [0.15, 0.2) is 11.9 Å². The van der Waals surface area contributed by atoms with E-state index in [1.807, 2.05) is 0 Å². The van der Waals surface area contributed by atoms with Gasteiger partial charge in [-0.2, -0.15) is 12.6 Å². The van der Waals surface area contributed by atoms with E-state index in [1.54, 1.807) is 76.3 Å². The van der Waals surface area contributed by atoms with Crippen molar-refractivity contribution >= 4 is 137 Å². The van der Waals surface area contributed by atoms with Crippen LogP contribution in [0.2, 0.25) is 0 Å². The Kier molecular flexibility index (Phi) is 58.4. The SMILES string of the molecule is CC[C@H](C)[C@H](NC(=O)[C@H](C)NC(=O)[C@H](CCCNC(=N)N)NC(=O)[C@H](CCCCN)NC(=O)CNC(=O)[C@@H](NC(=O)[C@H](CC(C)C)NC(=O)[C@H](CO)NC(=O)[C@H](CC(C)C)NC(=O)[C@H](C)NC(=O)[C@H](CCCNC(=N)N)NC(=O)[C@H](CO)NC(=O)[C@H](C)NC(=O)[C@@H](NC)C(C)(C)C)[C@@H](C)CC)C(=O)N[C@@H](CO)C(=O)N[C@H](C(=O)N[C@@H](CO)C(=O)N[C@H](C(=O)N[C@@H](CS)C(=O)O)C(C)C)[C@@H](C)O. The molecule has 0 aromatic carbocycles. The maximum Gasteiger partial charge on any atom is 0.327 e. The maximum absolute atomic E-state index is 14.4. The molecule has 51 nitrogen and oxygen atoms in total. The molecule has 0 bridgehead atoms. The minimum atomic E-state index is -1.95. The zero-order valence-electron chi connectivity index (χ0n) is 81.1. The highest BCUT2D eigenvalue weighted by atomic mass is 32.1. The van der Waals surface area contributed by atoms with Gasteiger partial charge < -0.3 is 159 Å². The summed E-state index contributed by atoms with van der Waals surface area (Å²) in [6, 6.07) is -27.1. The number of rotatable bonds is 65. The number of guanidine groups is 2. The van der Waals surface area contributed by atoms with Gasteiger partial charge in [0.2, 0.25) is 106 Å². The molecule has 0 fully saturated rings. The van der Waals surface area contributed by atoms with Crippen LogP contribution in [0, 0.1) is 45.8 Å². The van der Waals surface area contributed by atoms with Crippen LogP contribution in [-0.2, 0) is 91.1 Å². The summed E-state index contributed by atoms with van der Waals surface area (Å²) in [5.41, 5.74) is 16.2. The highest BCUT2D eigenvalue weighted by Crippen LogP contribution is 2.20. The molecule has 18 amide bonds. The molecule has 0 saturated carbocycles. The molecule has 0 aromatic heterocycles. The van der Waals surface area contributed by atoms with E-state index >= 15 is 0 Å². The summed E-state index contributed by atoms with van der Waals surface area (Å²) in [5.74, 6) is -23.1. The van der Waals surface area contributed by atoms with Crippen molar-refractivity contribution in [2.45, 2.75) is 303 Å². The van der Waals surface area contributed by atoms with E-state index in [0.717, 1.165) is 6.92 Å². The van der Waals surface area contributed by atoms with Crippen LogP contribution in [0.1, 0.15) is 188 Å². The quantitative estimate of drug-likeness (QED) is 0.0116. The van der Waals surface area contributed by atoms with E-state index in [1.165, 1.54) is 41.5 Å². The summed E-state index contributed by atoms with van der Waals surface area (Å²) in [5, 5.41) is 128. The summed E-state index contributed by atoms with van der Waals surface area (Å²) in [6.07, 6.45) is -1.21. The first kappa shape index (κ1) is 125. The molecule has 0 aliphatic carbocycles. The number of hydrogen-bond donors (Lipinski definition) is 33. The third-order valence-electron chi connectivity index (χ3n) is 21.6. The van der Waals surface area contributed by atoms with Gasteiger partial charge in [0.05, 0.1) is 45.1 Å². The van der Waals surface area contributed by atoms with Crippen molar-refractivity contribution in [3.63, 3.8) is 0 Å². The Balaban J connectivity index is 6.75. The van der Waals surface area contributed by atoms with Gasteiger partial charge in [-0.1, -0.05) is 103 Å². The van der Waals surface area contributed by atoms with Gasteiger partial charge in [-0.25, -0.2) is 4.79 Å². The Labute approximate surface area is 798 Å². The molecular weight excluding hydrogens is 1810 g/mol. The minimum Gasteiger partial charge on any atom is -0.480 e. The highest BCUT2D eigenvalue weighted by Gasteiger charge is 2.41. The number of hydrogen-bond acceptors (Lipinski definition) is 29. The van der Waals surface area contributed by atoms with Crippen molar-refractivity contribution in [2.75, 3.05) is 65.4 Å². The predicted octanol–water partition coefficient (Wildman–Crippen LogP) is -10.1. The predicted molar refractivity (Wildman–Crippen MR) is 501 cm³/mol. The molecule has 136 heavy (non-hydrogen) atoms. The van der Waals surface area contributed by atoms with Crippen LogP contribution in [0.5, 0.6) is 0 Å². The molecule has 0 rings (SSSR count). The standard InChI is InChI=1S/C84H154N26O25S/c1-19-42(9)60(109-71(124)52(32-40(5)6)101-73(126)54(35-112)103-70(123)51(31-39(3)4)100-64(117)44(11)94-68(121)50(27-24-30-92-83(88)89)99-72(125)53(34-111)102-65(118)45(12)96-80(133)63(90-18)84(15,16)17)76(129)93-33-58(116)97-48(25-21-22-28-85)69(122)98-49(26-23-29-91-82(86)87)67(120)95-46(13)66(119)108-61(43(10)20-2)78(131)104-56(37-114)75(128)110-62(47(14)115)79(132)105-55(36-113)74(127)107-59(41(7)8)77(130)106-57(38-136)81(134)135/h39-57,59-63,90,111-115,136H,19-38,85H2,1-18H3,(H,93,129)(H,94,121)(H,95,120)(H,96,133)(H,97,116)(H,98,122)(H,99,125)(H,100,117)(H,101,126)(H,102,118)(H,103,123)(H,104,131)(H,105,132)(H,106,130)(H,107,127)(H,108,119)(H,109,124)(H,110,128)(H,134,135)(H4,86,87,91)(H4,88,89,92)/t42-,43-,44-,45-,46-,47+,48-,49-,50-,51-,52-,53-,54-,55-,56-,57-,59-,60-,61-,62-,63+/m0/s1. The summed E-state index contributed by atoms with van der Waals surface area (Å²) in [6.45, 7) is 21.7. The monoisotopic (exact) mass is 1960 g/mol. The zero-order valence-corrected chi connectivity index (χ0v) is 82.0. The molecule has 35 N–H and O–H groups in total. The Morgan fingerprint density at radius 3 is 1.01 bits per heavy atom. The molecule has 0 aliphatic heterocycles. The molecular formula is C84H154N26O25S. The van der Waals surface area contributed by atoms with Crippen LogP contribution >= 0.6 is 12.6 Å². The molecule has 0 unspecified atom stereocenters. The number of likely N-dealkylation sites (N-methyl/N-ethyl adjacent to an activating group) is 1. The zero-order chi connectivity index (χ0) is 104. The van der Waals surface area contributed by atoms with E-state index < -0.39 is 295 Å². The van der Waals surface area contributed by atoms with Crippen molar-refractivity contribution in [3.05, 3.63) is 0 Å². The average Bonchev–Trinajstić information content (AvgIpc) is 0.908. The molecule has 0 heterocycles. The van der Waals surface area contributed by atoms with Crippen LogP contribution in [0.4, 0.5) is 0 Å². The second-order valence-electron chi connectivity index (χ2n) is 35.6. The molecule has 0 saturated heterocycles. The molecule has 0 aromatic rings. The van der Waals surface area contributed by atoms with Gasteiger partial charge in [0, 0.05) is 18.8 Å². The molecule has 776 valence electrons. The van der Waals surface area contributed by atoms with Crippen molar-refractivity contribution in [2.24, 2.45) is 52.2 Å². The number of amides is 18. The Morgan fingerprint density at radius 2 is 0.647 bits per heavy atom. The number of thiol groups is 1. The number of carboxylic acids is 1. The maximum atomic E-state index is 14.4. The van der Waals surface area contributed by atoms with Crippen LogP contribution in [0.3, 0.4) is 0 Å². The molecule has 0 aliphatic rings. The molecule has 0 radical (unpaired) electrons. The van der Waals surface area contributed by atoms with Gasteiger partial charge in [-0.3, -0.25) is 97.1 Å². The van der Waals surface area contributed by atoms with Crippen molar-refractivity contribution in [1.29, 1.82) is 10.8 Å². The number of unbranched alkanes of at least 4 members (excludes halogenated alkanes) is 1. The van der Waals surface area contributed by atoms with E-state index in [2.05, 4.69) is 124 Å². The lowest BCUT2D eigenvalue weighted by Crippen LogP contribution is -2.63. The van der Waals surface area contributed by atoms with Crippen LogP contribution in [-0.4, -0.2) is 335 Å². The van der Waals surface area contributed by atoms with Crippen LogP contribution in [0.15, 0.2) is 0 Å². The number of nitrogens with two attached hydrogens (primary N) is 3. The highest BCUT2D eigenvalue weighted by molar-refractivity contribution is 7.80. The van der Waals surface area contributed by atoms with Crippen LogP contribution in [0.25, 0.3) is 0 Å². The average molecular weight is 1960 g/mol. The van der Waals surface area contributed by atoms with Crippen molar-refractivity contribution in [3.8, 4) is 0 Å². The number of carbonyl (C=O) groups is 19. The largest absolute Gasteiger partial charge is 0.480 e. The number of aliphatic hydroxyl groups excluding tert-OH is 5. The van der Waals surface area contributed by atoms with Gasteiger partial charge >= 0.3 is 5.97 Å². The summed E-state index contributed by atoms with van der Waals surface area (Å²) >= 11 is 3.91. The third-order valence-corrected chi connectivity index (χ3v) is 21.9. The first-order valence-corrected chi connectivity index (χ1v) is 46.0. The van der Waals surface area contributed by atoms with Crippen molar-refractivity contribution in [1.82, 2.24) is 112 Å².